The average Bonchev–Trinajstić information content (AvgIpc) is 3.57. The summed E-state index contributed by atoms with van der Waals surface area (Å²) >= 11 is 0. The molecule has 0 unspecified atom stereocenters. The van der Waals surface area contributed by atoms with E-state index in [0.29, 0.717) is 11.3 Å². The monoisotopic (exact) mass is 534 g/mol. The number of aromatic nitrogens is 2. The predicted octanol–water partition coefficient (Wildman–Crippen LogP) is 9.97. The third kappa shape index (κ3) is 3.40. The number of fused-ring (bicyclic) bond motifs is 6. The molecular weight excluding hydrogens is 512 g/mol. The van der Waals surface area contributed by atoms with E-state index < -0.39 is 0 Å². The molecule has 0 bridgehead atoms. The minimum Gasteiger partial charge on any atom is -0.319 e. The van der Waals surface area contributed by atoms with Crippen molar-refractivity contribution < 1.29 is 0 Å². The molecule has 0 fully saturated rings. The Hall–Kier alpha value is -6.10. The van der Waals surface area contributed by atoms with Crippen molar-refractivity contribution in [3.8, 4) is 28.6 Å². The van der Waals surface area contributed by atoms with Gasteiger partial charge < -0.3 is 9.13 Å². The van der Waals surface area contributed by atoms with Crippen molar-refractivity contribution in [3.05, 3.63) is 150 Å². The van der Waals surface area contributed by atoms with Gasteiger partial charge in [-0.25, -0.2) is 4.85 Å². The van der Waals surface area contributed by atoms with Gasteiger partial charge in [0, 0.05) is 21.5 Å². The van der Waals surface area contributed by atoms with E-state index in [1.807, 2.05) is 84.9 Å². The number of nitrogens with zero attached hydrogens (tertiary/aromatic N) is 4. The largest absolute Gasteiger partial charge is 0.319 e. The predicted molar refractivity (Wildman–Crippen MR) is 172 cm³/mol. The molecule has 4 heteroatoms. The van der Waals surface area contributed by atoms with Gasteiger partial charge in [-0.1, -0.05) is 84.9 Å². The lowest BCUT2D eigenvalue weighted by molar-refractivity contribution is 1.17. The third-order valence-corrected chi connectivity index (χ3v) is 8.19. The molecule has 6 aromatic carbocycles. The molecule has 0 saturated carbocycles. The maximum atomic E-state index is 10.3. The Bertz CT molecular complexity index is 2160. The lowest BCUT2D eigenvalue weighted by atomic mass is 10.0. The van der Waals surface area contributed by atoms with Crippen molar-refractivity contribution in [1.82, 2.24) is 9.13 Å². The number of para-hydroxylation sites is 4. The Morgan fingerprint density at radius 1 is 0.500 bits per heavy atom. The molecule has 2 aromatic heterocycles. The number of nitriles is 1. The van der Waals surface area contributed by atoms with Gasteiger partial charge >= 0.3 is 0 Å². The van der Waals surface area contributed by atoms with Crippen LogP contribution in [-0.4, -0.2) is 9.13 Å². The normalized spacial score (nSPS) is 11.3. The minimum atomic E-state index is 0.559. The summed E-state index contributed by atoms with van der Waals surface area (Å²) in [6, 6.07) is 47.7. The van der Waals surface area contributed by atoms with Crippen LogP contribution in [0.25, 0.3) is 71.0 Å². The first-order chi connectivity index (χ1) is 20.8. The Labute approximate surface area is 242 Å². The summed E-state index contributed by atoms with van der Waals surface area (Å²) in [7, 11) is 0. The molecule has 42 heavy (non-hydrogen) atoms. The highest BCUT2D eigenvalue weighted by Gasteiger charge is 2.17. The molecule has 0 N–H and O–H groups in total. The second-order valence-corrected chi connectivity index (χ2v) is 10.4. The fraction of sp³-hybridized carbons (Fsp3) is 0. The van der Waals surface area contributed by atoms with E-state index in [0.717, 1.165) is 66.1 Å². The van der Waals surface area contributed by atoms with Crippen LogP contribution in [0.4, 0.5) is 5.69 Å². The molecule has 4 nitrogen and oxygen atoms in total. The molecule has 0 radical (unpaired) electrons. The van der Waals surface area contributed by atoms with Crippen molar-refractivity contribution in [1.29, 1.82) is 5.26 Å². The highest BCUT2D eigenvalue weighted by atomic mass is 15.0. The van der Waals surface area contributed by atoms with Gasteiger partial charge in [0.2, 0.25) is 5.69 Å². The molecular formula is C38H22N4. The Morgan fingerprint density at radius 3 is 1.36 bits per heavy atom. The molecule has 0 spiro atoms. The van der Waals surface area contributed by atoms with Crippen molar-refractivity contribution in [2.45, 2.75) is 0 Å². The van der Waals surface area contributed by atoms with Crippen LogP contribution < -0.4 is 0 Å². The smallest absolute Gasteiger partial charge is 0.211 e. The molecule has 0 saturated heterocycles. The Balaban J connectivity index is 1.29. The first-order valence-corrected chi connectivity index (χ1v) is 13.8. The van der Waals surface area contributed by atoms with Crippen LogP contribution in [0.5, 0.6) is 0 Å². The van der Waals surface area contributed by atoms with E-state index in [9.17, 15) is 5.26 Å². The molecule has 0 aliphatic heterocycles. The fourth-order valence-electron chi connectivity index (χ4n) is 6.35. The van der Waals surface area contributed by atoms with Crippen LogP contribution in [0.3, 0.4) is 0 Å². The van der Waals surface area contributed by atoms with Crippen LogP contribution in [0, 0.1) is 17.9 Å². The Kier molecular flexibility index (Phi) is 5.22. The second-order valence-electron chi connectivity index (χ2n) is 10.4. The van der Waals surface area contributed by atoms with Crippen molar-refractivity contribution >= 4 is 49.3 Å². The van der Waals surface area contributed by atoms with Gasteiger partial charge in [0.25, 0.3) is 0 Å². The minimum absolute atomic E-state index is 0.559. The van der Waals surface area contributed by atoms with Crippen LogP contribution in [0.2, 0.25) is 0 Å². The van der Waals surface area contributed by atoms with Gasteiger partial charge in [0.15, 0.2) is 0 Å². The summed E-state index contributed by atoms with van der Waals surface area (Å²) in [5.41, 5.74) is 8.88. The zero-order chi connectivity index (χ0) is 28.2. The van der Waals surface area contributed by atoms with Crippen LogP contribution in [0.1, 0.15) is 5.56 Å². The Morgan fingerprint density at radius 2 is 0.905 bits per heavy atom. The zero-order valence-electron chi connectivity index (χ0n) is 22.5. The molecule has 194 valence electrons. The van der Waals surface area contributed by atoms with Crippen LogP contribution >= 0.6 is 0 Å². The van der Waals surface area contributed by atoms with Gasteiger partial charge in [-0.05, 0) is 59.7 Å². The van der Waals surface area contributed by atoms with Gasteiger partial charge in [-0.2, -0.15) is 5.26 Å². The number of hydrogen-bond acceptors (Lipinski definition) is 1. The summed E-state index contributed by atoms with van der Waals surface area (Å²) in [4.78, 5) is 3.96. The molecule has 8 aromatic rings. The molecule has 0 aliphatic carbocycles. The summed E-state index contributed by atoms with van der Waals surface area (Å²) in [6.45, 7) is 8.08. The van der Waals surface area contributed by atoms with Crippen LogP contribution in [0.15, 0.2) is 133 Å². The van der Waals surface area contributed by atoms with Crippen LogP contribution in [-0.2, 0) is 0 Å². The first kappa shape index (κ1) is 23.8. The summed E-state index contributed by atoms with van der Waals surface area (Å²) in [5.74, 6) is 0. The fourth-order valence-corrected chi connectivity index (χ4v) is 6.35. The number of rotatable bonds is 3. The summed E-state index contributed by atoms with van der Waals surface area (Å²) in [6.07, 6.45) is 0. The number of hydrogen-bond donors (Lipinski definition) is 0. The van der Waals surface area contributed by atoms with Gasteiger partial charge in [0.1, 0.15) is 6.07 Å². The van der Waals surface area contributed by atoms with E-state index in [1.54, 1.807) is 0 Å². The lowest BCUT2D eigenvalue weighted by Crippen LogP contribution is -1.98. The molecule has 0 atom stereocenters. The standard InChI is InChI=1S/C38H22N4/c1-40-32-23-26(19-21-38(32)42-36-16-8-4-12-30(36)31-13-5-9-17-37(31)42)25-18-20-33(27(22-25)24-39)41-34-14-6-2-10-28(34)29-11-3-7-15-35(29)41/h2-23H. The van der Waals surface area contributed by atoms with E-state index in [1.165, 1.54) is 0 Å². The van der Waals surface area contributed by atoms with Crippen molar-refractivity contribution in [2.75, 3.05) is 0 Å². The first-order valence-electron chi connectivity index (χ1n) is 13.8. The quantitative estimate of drug-likeness (QED) is 0.208. The van der Waals surface area contributed by atoms with Gasteiger partial charge in [-0.15, -0.1) is 0 Å². The number of benzene rings is 6. The molecule has 8 rings (SSSR count). The highest BCUT2D eigenvalue weighted by molar-refractivity contribution is 6.10. The SMILES string of the molecule is [C-]#[N+]c1cc(-c2ccc(-n3c4ccccc4c4ccccc43)c(C#N)c2)ccc1-n1c2ccccc2c2ccccc21. The lowest BCUT2D eigenvalue weighted by Gasteiger charge is -2.14. The topological polar surface area (TPSA) is 38.0 Å². The van der Waals surface area contributed by atoms with E-state index in [4.69, 9.17) is 6.57 Å². The average molecular weight is 535 g/mol. The summed E-state index contributed by atoms with van der Waals surface area (Å²) < 4.78 is 4.34. The van der Waals surface area contributed by atoms with E-state index in [-0.39, 0.29) is 0 Å². The molecule has 0 aliphatic rings. The maximum Gasteiger partial charge on any atom is 0.211 e. The maximum absolute atomic E-state index is 10.3. The summed E-state index contributed by atoms with van der Waals surface area (Å²) in [5, 5.41) is 14.9. The van der Waals surface area contributed by atoms with Crippen molar-refractivity contribution in [2.24, 2.45) is 0 Å². The molecule has 0 amide bonds. The molecule has 2 heterocycles. The van der Waals surface area contributed by atoms with E-state index in [2.05, 4.69) is 68.6 Å². The van der Waals surface area contributed by atoms with Gasteiger partial charge in [-0.3, -0.25) is 0 Å². The van der Waals surface area contributed by atoms with Crippen molar-refractivity contribution in [3.63, 3.8) is 0 Å². The highest BCUT2D eigenvalue weighted by Crippen LogP contribution is 2.38. The zero-order valence-corrected chi connectivity index (χ0v) is 22.5. The van der Waals surface area contributed by atoms with Gasteiger partial charge in [0.05, 0.1) is 45.6 Å². The third-order valence-electron chi connectivity index (χ3n) is 8.19. The second kappa shape index (κ2) is 9.24. The van der Waals surface area contributed by atoms with E-state index >= 15 is 0 Å².